The molecule has 1 aromatic carbocycles. The molecule has 1 atom stereocenters. The van der Waals surface area contributed by atoms with Crippen molar-refractivity contribution in [1.82, 2.24) is 0 Å². The topological polar surface area (TPSA) is 69.4 Å². The molecule has 5 heteroatoms. The summed E-state index contributed by atoms with van der Waals surface area (Å²) in [6.45, 7) is 3.93. The van der Waals surface area contributed by atoms with Gasteiger partial charge in [0.1, 0.15) is 5.75 Å². The Hall–Kier alpha value is -1.07. The van der Waals surface area contributed by atoms with Gasteiger partial charge in [0.15, 0.2) is 9.84 Å². The SMILES string of the molecule is CC(C)Oc1ccc(C(N)CS(=O)(=O)C2CCCC2)cc1. The third-order valence-electron chi connectivity index (χ3n) is 3.90. The van der Waals surface area contributed by atoms with E-state index in [2.05, 4.69) is 0 Å². The lowest BCUT2D eigenvalue weighted by Crippen LogP contribution is -2.28. The van der Waals surface area contributed by atoms with Gasteiger partial charge in [-0.05, 0) is 44.4 Å². The van der Waals surface area contributed by atoms with Crippen molar-refractivity contribution in [3.8, 4) is 5.75 Å². The summed E-state index contributed by atoms with van der Waals surface area (Å²) < 4.78 is 30.2. The molecule has 1 unspecified atom stereocenters. The van der Waals surface area contributed by atoms with E-state index in [4.69, 9.17) is 10.5 Å². The van der Waals surface area contributed by atoms with Crippen LogP contribution in [0.2, 0.25) is 0 Å². The summed E-state index contributed by atoms with van der Waals surface area (Å²) in [4.78, 5) is 0. The van der Waals surface area contributed by atoms with E-state index in [0.29, 0.717) is 0 Å². The third-order valence-corrected chi connectivity index (χ3v) is 6.21. The Morgan fingerprint density at radius 1 is 1.19 bits per heavy atom. The van der Waals surface area contributed by atoms with Gasteiger partial charge in [-0.2, -0.15) is 0 Å². The first-order valence-corrected chi connectivity index (χ1v) is 9.34. The van der Waals surface area contributed by atoms with Crippen LogP contribution in [0.5, 0.6) is 5.75 Å². The van der Waals surface area contributed by atoms with Crippen molar-refractivity contribution in [2.45, 2.75) is 56.9 Å². The molecule has 1 aliphatic rings. The maximum atomic E-state index is 12.3. The Bertz CT molecular complexity index is 545. The highest BCUT2D eigenvalue weighted by molar-refractivity contribution is 7.92. The highest BCUT2D eigenvalue weighted by atomic mass is 32.2. The van der Waals surface area contributed by atoms with Crippen molar-refractivity contribution in [3.63, 3.8) is 0 Å². The van der Waals surface area contributed by atoms with Crippen LogP contribution in [0, 0.1) is 0 Å². The second-order valence-corrected chi connectivity index (χ2v) is 8.40. The Kier molecular flexibility index (Phi) is 5.27. The van der Waals surface area contributed by atoms with Gasteiger partial charge >= 0.3 is 0 Å². The van der Waals surface area contributed by atoms with Crippen LogP contribution >= 0.6 is 0 Å². The summed E-state index contributed by atoms with van der Waals surface area (Å²) in [7, 11) is -3.09. The average Bonchev–Trinajstić information content (AvgIpc) is 2.93. The van der Waals surface area contributed by atoms with Crippen LogP contribution in [0.25, 0.3) is 0 Å². The molecule has 1 aliphatic carbocycles. The van der Waals surface area contributed by atoms with Gasteiger partial charge in [0.2, 0.25) is 0 Å². The smallest absolute Gasteiger partial charge is 0.155 e. The molecular formula is C16H25NO3S. The minimum atomic E-state index is -3.09. The van der Waals surface area contributed by atoms with Crippen LogP contribution in [-0.4, -0.2) is 25.5 Å². The molecule has 2 rings (SSSR count). The minimum Gasteiger partial charge on any atom is -0.491 e. The van der Waals surface area contributed by atoms with Gasteiger partial charge in [-0.15, -0.1) is 0 Å². The zero-order chi connectivity index (χ0) is 15.5. The van der Waals surface area contributed by atoms with Gasteiger partial charge in [-0.3, -0.25) is 0 Å². The average molecular weight is 311 g/mol. The van der Waals surface area contributed by atoms with Gasteiger partial charge in [0.05, 0.1) is 17.1 Å². The van der Waals surface area contributed by atoms with E-state index in [9.17, 15) is 8.42 Å². The normalized spacial score (nSPS) is 18.1. The number of nitrogens with two attached hydrogens (primary N) is 1. The first-order valence-electron chi connectivity index (χ1n) is 7.62. The molecule has 1 aromatic rings. The Balaban J connectivity index is 2.01. The molecule has 4 nitrogen and oxygen atoms in total. The van der Waals surface area contributed by atoms with Gasteiger partial charge in [-0.1, -0.05) is 25.0 Å². The molecular weight excluding hydrogens is 286 g/mol. The first kappa shape index (κ1) is 16.3. The second-order valence-electron chi connectivity index (χ2n) is 6.08. The van der Waals surface area contributed by atoms with E-state index in [1.807, 2.05) is 38.1 Å². The molecule has 0 aromatic heterocycles. The van der Waals surface area contributed by atoms with Crippen molar-refractivity contribution in [2.75, 3.05) is 5.75 Å². The van der Waals surface area contributed by atoms with Crippen LogP contribution in [0.1, 0.15) is 51.1 Å². The summed E-state index contributed by atoms with van der Waals surface area (Å²) in [5.74, 6) is 0.807. The van der Waals surface area contributed by atoms with Crippen LogP contribution < -0.4 is 10.5 Å². The van der Waals surface area contributed by atoms with Crippen LogP contribution in [-0.2, 0) is 9.84 Å². The zero-order valence-corrected chi connectivity index (χ0v) is 13.6. The van der Waals surface area contributed by atoms with Gasteiger partial charge in [-0.25, -0.2) is 8.42 Å². The van der Waals surface area contributed by atoms with Crippen molar-refractivity contribution in [2.24, 2.45) is 5.73 Å². The van der Waals surface area contributed by atoms with Crippen molar-refractivity contribution in [3.05, 3.63) is 29.8 Å². The predicted molar refractivity (Wildman–Crippen MR) is 85.2 cm³/mol. The van der Waals surface area contributed by atoms with E-state index >= 15 is 0 Å². The van der Waals surface area contributed by atoms with Crippen molar-refractivity contribution < 1.29 is 13.2 Å². The molecule has 21 heavy (non-hydrogen) atoms. The first-order chi connectivity index (χ1) is 9.88. The number of hydrogen-bond donors (Lipinski definition) is 1. The summed E-state index contributed by atoms with van der Waals surface area (Å²) >= 11 is 0. The van der Waals surface area contributed by atoms with E-state index in [-0.39, 0.29) is 17.1 Å². The Labute approximate surface area is 127 Å². The Morgan fingerprint density at radius 3 is 2.29 bits per heavy atom. The fourth-order valence-electron chi connectivity index (χ4n) is 2.80. The molecule has 0 aliphatic heterocycles. The standard InChI is InChI=1S/C16H25NO3S/c1-12(2)20-14-9-7-13(8-10-14)16(17)11-21(18,19)15-5-3-4-6-15/h7-10,12,15-16H,3-6,11,17H2,1-2H3. The van der Waals surface area contributed by atoms with E-state index in [1.165, 1.54) is 0 Å². The molecule has 2 N–H and O–H groups in total. The predicted octanol–water partition coefficient (Wildman–Crippen LogP) is 2.83. The molecule has 118 valence electrons. The summed E-state index contributed by atoms with van der Waals surface area (Å²) in [6.07, 6.45) is 3.72. The number of ether oxygens (including phenoxy) is 1. The van der Waals surface area contributed by atoms with Crippen molar-refractivity contribution >= 4 is 9.84 Å². The maximum absolute atomic E-state index is 12.3. The molecule has 0 amide bonds. The van der Waals surface area contributed by atoms with E-state index < -0.39 is 15.9 Å². The molecule has 0 radical (unpaired) electrons. The largest absolute Gasteiger partial charge is 0.491 e. The lowest BCUT2D eigenvalue weighted by molar-refractivity contribution is 0.242. The monoisotopic (exact) mass is 311 g/mol. The summed E-state index contributed by atoms with van der Waals surface area (Å²) in [5, 5.41) is -0.188. The highest BCUT2D eigenvalue weighted by Gasteiger charge is 2.30. The van der Waals surface area contributed by atoms with Crippen LogP contribution in [0.15, 0.2) is 24.3 Å². The zero-order valence-electron chi connectivity index (χ0n) is 12.8. The quantitative estimate of drug-likeness (QED) is 0.877. The molecule has 0 bridgehead atoms. The lowest BCUT2D eigenvalue weighted by Gasteiger charge is -2.17. The molecule has 0 saturated heterocycles. The van der Waals surface area contributed by atoms with Crippen LogP contribution in [0.4, 0.5) is 0 Å². The minimum absolute atomic E-state index is 0.0298. The fourth-order valence-corrected chi connectivity index (χ4v) is 4.81. The van der Waals surface area contributed by atoms with Crippen LogP contribution in [0.3, 0.4) is 0 Å². The summed E-state index contributed by atoms with van der Waals surface area (Å²) in [6, 6.07) is 6.93. The number of hydrogen-bond acceptors (Lipinski definition) is 4. The van der Waals surface area contributed by atoms with E-state index in [1.54, 1.807) is 0 Å². The van der Waals surface area contributed by atoms with Gasteiger partial charge < -0.3 is 10.5 Å². The highest BCUT2D eigenvalue weighted by Crippen LogP contribution is 2.27. The molecule has 0 spiro atoms. The van der Waals surface area contributed by atoms with Crippen molar-refractivity contribution in [1.29, 1.82) is 0 Å². The van der Waals surface area contributed by atoms with E-state index in [0.717, 1.165) is 37.0 Å². The molecule has 1 fully saturated rings. The summed E-state index contributed by atoms with van der Waals surface area (Å²) in [5.41, 5.74) is 6.92. The number of rotatable bonds is 6. The van der Waals surface area contributed by atoms with Gasteiger partial charge in [0.25, 0.3) is 0 Å². The molecule has 1 saturated carbocycles. The number of sulfone groups is 1. The maximum Gasteiger partial charge on any atom is 0.155 e. The number of benzene rings is 1. The fraction of sp³-hybridized carbons (Fsp3) is 0.625. The second kappa shape index (κ2) is 6.79. The third kappa shape index (κ3) is 4.45. The van der Waals surface area contributed by atoms with Gasteiger partial charge in [0, 0.05) is 6.04 Å². The molecule has 0 heterocycles. The Morgan fingerprint density at radius 2 is 1.76 bits per heavy atom. The lowest BCUT2D eigenvalue weighted by atomic mass is 10.1.